The van der Waals surface area contributed by atoms with Crippen molar-refractivity contribution in [2.24, 2.45) is 0 Å². The Labute approximate surface area is 92.9 Å². The summed E-state index contributed by atoms with van der Waals surface area (Å²) >= 11 is 0. The number of piperidine rings is 1. The first kappa shape index (κ1) is 10.7. The third-order valence-corrected chi connectivity index (χ3v) is 3.59. The molecular weight excluding hydrogens is 182 g/mol. The predicted octanol–water partition coefficient (Wildman–Crippen LogP) is 3.09. The van der Waals surface area contributed by atoms with Crippen LogP contribution in [0.4, 0.5) is 0 Å². The van der Waals surface area contributed by atoms with Gasteiger partial charge in [0.25, 0.3) is 0 Å². The molecule has 0 aromatic heterocycles. The molecule has 1 fully saturated rings. The average molecular weight is 202 g/mol. The molecule has 0 atom stereocenters. The average Bonchev–Trinajstić information content (AvgIpc) is 2.25. The molecule has 1 radical (unpaired) electrons. The lowest BCUT2D eigenvalue weighted by Crippen LogP contribution is -2.21. The van der Waals surface area contributed by atoms with Gasteiger partial charge in [0.05, 0.1) is 0 Å². The zero-order chi connectivity index (χ0) is 10.8. The molecule has 1 nitrogen and oxygen atoms in total. The maximum atomic E-state index is 4.42. The van der Waals surface area contributed by atoms with Crippen molar-refractivity contribution >= 4 is 0 Å². The quantitative estimate of drug-likeness (QED) is 0.664. The third kappa shape index (κ3) is 2.23. The van der Waals surface area contributed by atoms with Crippen molar-refractivity contribution in [3.8, 4) is 0 Å². The second kappa shape index (κ2) is 4.36. The molecule has 0 aliphatic carbocycles. The van der Waals surface area contributed by atoms with Gasteiger partial charge >= 0.3 is 0 Å². The Bertz CT molecular complexity index is 349. The van der Waals surface area contributed by atoms with Gasteiger partial charge in [0.1, 0.15) is 0 Å². The van der Waals surface area contributed by atoms with Crippen LogP contribution in [-0.4, -0.2) is 13.1 Å². The Balaban J connectivity index is 2.30. The number of rotatable bonds is 1. The minimum atomic E-state index is 0.752. The maximum absolute atomic E-state index is 4.42. The van der Waals surface area contributed by atoms with Gasteiger partial charge in [-0.1, -0.05) is 12.1 Å². The van der Waals surface area contributed by atoms with E-state index < -0.39 is 0 Å². The Morgan fingerprint density at radius 2 is 1.53 bits per heavy atom. The number of nitrogens with zero attached hydrogens (tertiary/aromatic N) is 1. The van der Waals surface area contributed by atoms with E-state index in [1.165, 1.54) is 29.5 Å². The van der Waals surface area contributed by atoms with Crippen molar-refractivity contribution in [2.75, 3.05) is 13.1 Å². The molecule has 0 saturated carbocycles. The van der Waals surface area contributed by atoms with Crippen molar-refractivity contribution in [3.05, 3.63) is 34.4 Å². The van der Waals surface area contributed by atoms with Crippen LogP contribution in [0.3, 0.4) is 0 Å². The van der Waals surface area contributed by atoms with E-state index in [-0.39, 0.29) is 0 Å². The molecule has 81 valence electrons. The van der Waals surface area contributed by atoms with Crippen molar-refractivity contribution < 1.29 is 0 Å². The Hall–Kier alpha value is -0.820. The summed E-state index contributed by atoms with van der Waals surface area (Å²) in [7, 11) is 0. The van der Waals surface area contributed by atoms with Gasteiger partial charge in [-0.15, -0.1) is 0 Å². The summed E-state index contributed by atoms with van der Waals surface area (Å²) in [5, 5.41) is 4.42. The van der Waals surface area contributed by atoms with E-state index in [9.17, 15) is 0 Å². The van der Waals surface area contributed by atoms with Crippen LogP contribution in [0.15, 0.2) is 12.1 Å². The largest absolute Gasteiger partial charge is 0.242 e. The van der Waals surface area contributed by atoms with E-state index in [2.05, 4.69) is 38.2 Å². The van der Waals surface area contributed by atoms with Crippen molar-refractivity contribution in [3.63, 3.8) is 0 Å². The van der Waals surface area contributed by atoms with Gasteiger partial charge < -0.3 is 0 Å². The van der Waals surface area contributed by atoms with Crippen LogP contribution < -0.4 is 5.32 Å². The van der Waals surface area contributed by atoms with E-state index in [1.54, 1.807) is 5.56 Å². The third-order valence-electron chi connectivity index (χ3n) is 3.59. The minimum Gasteiger partial charge on any atom is -0.242 e. The van der Waals surface area contributed by atoms with Gasteiger partial charge in [-0.05, 0) is 61.8 Å². The van der Waals surface area contributed by atoms with Crippen molar-refractivity contribution in [1.82, 2.24) is 5.32 Å². The van der Waals surface area contributed by atoms with Crippen molar-refractivity contribution in [1.29, 1.82) is 0 Å². The fraction of sp³-hybridized carbons (Fsp3) is 0.571. The Morgan fingerprint density at radius 1 is 0.933 bits per heavy atom. The monoisotopic (exact) mass is 202 g/mol. The maximum Gasteiger partial charge on any atom is 0.0139 e. The van der Waals surface area contributed by atoms with Gasteiger partial charge in [-0.3, -0.25) is 0 Å². The number of hydrogen-bond donors (Lipinski definition) is 0. The van der Waals surface area contributed by atoms with Gasteiger partial charge in [-0.25, -0.2) is 5.32 Å². The Morgan fingerprint density at radius 3 is 2.20 bits per heavy atom. The summed E-state index contributed by atoms with van der Waals surface area (Å²) in [6.45, 7) is 8.76. The molecule has 0 spiro atoms. The van der Waals surface area contributed by atoms with Crippen LogP contribution in [0.1, 0.15) is 41.0 Å². The summed E-state index contributed by atoms with van der Waals surface area (Å²) in [6, 6.07) is 4.72. The number of hydrogen-bond acceptors (Lipinski definition) is 0. The highest BCUT2D eigenvalue weighted by atomic mass is 14.9. The lowest BCUT2D eigenvalue weighted by molar-refractivity contribution is 0.452. The summed E-state index contributed by atoms with van der Waals surface area (Å²) < 4.78 is 0. The van der Waals surface area contributed by atoms with Crippen LogP contribution in [0, 0.1) is 20.8 Å². The molecular formula is C14H20N. The zero-order valence-corrected chi connectivity index (χ0v) is 10.0. The molecule has 1 aromatic rings. The summed E-state index contributed by atoms with van der Waals surface area (Å²) in [4.78, 5) is 0. The second-order valence-corrected chi connectivity index (χ2v) is 4.74. The zero-order valence-electron chi connectivity index (χ0n) is 10.0. The molecule has 15 heavy (non-hydrogen) atoms. The van der Waals surface area contributed by atoms with E-state index in [0.717, 1.165) is 19.0 Å². The molecule has 2 rings (SSSR count). The highest BCUT2D eigenvalue weighted by molar-refractivity contribution is 5.38. The van der Waals surface area contributed by atoms with Crippen LogP contribution in [0.2, 0.25) is 0 Å². The highest BCUT2D eigenvalue weighted by Crippen LogP contribution is 2.29. The van der Waals surface area contributed by atoms with Crippen molar-refractivity contribution in [2.45, 2.75) is 39.5 Å². The smallest absolute Gasteiger partial charge is 0.0139 e. The first-order chi connectivity index (χ1) is 7.18. The highest BCUT2D eigenvalue weighted by Gasteiger charge is 2.17. The van der Waals surface area contributed by atoms with Gasteiger partial charge in [0.2, 0.25) is 0 Å². The molecule has 0 unspecified atom stereocenters. The van der Waals surface area contributed by atoms with Crippen LogP contribution in [0.25, 0.3) is 0 Å². The molecule has 1 aliphatic rings. The van der Waals surface area contributed by atoms with Gasteiger partial charge in [0.15, 0.2) is 0 Å². The summed E-state index contributed by atoms with van der Waals surface area (Å²) in [5.74, 6) is 0.752. The van der Waals surface area contributed by atoms with E-state index in [1.807, 2.05) is 0 Å². The minimum absolute atomic E-state index is 0.752. The lowest BCUT2D eigenvalue weighted by Gasteiger charge is -2.24. The molecule has 0 amide bonds. The number of aryl methyl sites for hydroxylation is 3. The SMILES string of the molecule is Cc1cc(C)c(C2CC[N]CC2)cc1C. The molecule has 1 saturated heterocycles. The lowest BCUT2D eigenvalue weighted by atomic mass is 9.85. The number of benzene rings is 1. The van der Waals surface area contributed by atoms with Crippen LogP contribution in [-0.2, 0) is 0 Å². The summed E-state index contributed by atoms with van der Waals surface area (Å²) in [5.41, 5.74) is 5.87. The topological polar surface area (TPSA) is 14.1 Å². The normalized spacial score (nSPS) is 18.1. The van der Waals surface area contributed by atoms with Gasteiger partial charge in [0, 0.05) is 13.1 Å². The van der Waals surface area contributed by atoms with E-state index in [4.69, 9.17) is 0 Å². The first-order valence-electron chi connectivity index (χ1n) is 5.89. The van der Waals surface area contributed by atoms with E-state index in [0.29, 0.717) is 0 Å². The molecule has 0 bridgehead atoms. The second-order valence-electron chi connectivity index (χ2n) is 4.74. The fourth-order valence-electron chi connectivity index (χ4n) is 2.48. The molecule has 1 aliphatic heterocycles. The molecule has 1 heteroatoms. The van der Waals surface area contributed by atoms with Crippen LogP contribution >= 0.6 is 0 Å². The fourth-order valence-corrected chi connectivity index (χ4v) is 2.48. The predicted molar refractivity (Wildman–Crippen MR) is 64.5 cm³/mol. The molecule has 1 aromatic carbocycles. The molecule has 1 heterocycles. The standard InChI is InChI=1S/C14H20N/c1-10-8-12(3)14(9-11(10)2)13-4-6-15-7-5-13/h8-9,13H,4-7H2,1-3H3. The summed E-state index contributed by atoms with van der Waals surface area (Å²) in [6.07, 6.45) is 2.48. The molecule has 0 N–H and O–H groups in total. The Kier molecular flexibility index (Phi) is 3.11. The first-order valence-corrected chi connectivity index (χ1v) is 5.89. The van der Waals surface area contributed by atoms with Crippen LogP contribution in [0.5, 0.6) is 0 Å². The van der Waals surface area contributed by atoms with Gasteiger partial charge in [-0.2, -0.15) is 0 Å². The van der Waals surface area contributed by atoms with E-state index >= 15 is 0 Å².